The zero-order valence-electron chi connectivity index (χ0n) is 16.3. The number of rotatable bonds is 6. The third-order valence-electron chi connectivity index (χ3n) is 5.58. The molecule has 3 rings (SSSR count). The van der Waals surface area contributed by atoms with E-state index in [-0.39, 0.29) is 30.1 Å². The molecule has 2 aliphatic rings. The van der Waals surface area contributed by atoms with Crippen molar-refractivity contribution in [3.8, 4) is 0 Å². The second kappa shape index (κ2) is 8.38. The molecule has 6 heteroatoms. The van der Waals surface area contributed by atoms with E-state index >= 15 is 0 Å². The molecule has 2 amide bonds. The van der Waals surface area contributed by atoms with Gasteiger partial charge in [-0.3, -0.25) is 14.5 Å². The maximum absolute atomic E-state index is 13.1. The van der Waals surface area contributed by atoms with Crippen molar-refractivity contribution in [1.29, 1.82) is 0 Å². The third kappa shape index (κ3) is 5.28. The monoisotopic (exact) mass is 375 g/mol. The minimum Gasteiger partial charge on any atom is -0.353 e. The number of hydrogen-bond acceptors (Lipinski definition) is 3. The molecular weight excluding hydrogens is 345 g/mol. The van der Waals surface area contributed by atoms with Crippen LogP contribution in [0.1, 0.15) is 51.5 Å². The molecule has 0 bridgehead atoms. The van der Waals surface area contributed by atoms with Gasteiger partial charge in [-0.2, -0.15) is 0 Å². The van der Waals surface area contributed by atoms with Gasteiger partial charge in [-0.15, -0.1) is 0 Å². The molecule has 1 aromatic rings. The van der Waals surface area contributed by atoms with Crippen molar-refractivity contribution in [2.75, 3.05) is 13.1 Å². The number of amides is 2. The van der Waals surface area contributed by atoms with Crippen molar-refractivity contribution < 1.29 is 14.0 Å². The highest BCUT2D eigenvalue weighted by Crippen LogP contribution is 2.27. The molecule has 1 aliphatic carbocycles. The fourth-order valence-electron chi connectivity index (χ4n) is 4.38. The summed E-state index contributed by atoms with van der Waals surface area (Å²) in [4.78, 5) is 27.4. The predicted octanol–water partition coefficient (Wildman–Crippen LogP) is 2.40. The lowest BCUT2D eigenvalue weighted by molar-refractivity contribution is -0.135. The summed E-state index contributed by atoms with van der Waals surface area (Å²) >= 11 is 0. The first-order chi connectivity index (χ1) is 12.8. The van der Waals surface area contributed by atoms with Gasteiger partial charge in [-0.1, -0.05) is 25.0 Å². The van der Waals surface area contributed by atoms with Gasteiger partial charge in [-0.25, -0.2) is 4.39 Å². The summed E-state index contributed by atoms with van der Waals surface area (Å²) in [6.45, 7) is 5.37. The third-order valence-corrected chi connectivity index (χ3v) is 5.58. The molecule has 1 aliphatic heterocycles. The molecule has 0 aromatic heterocycles. The van der Waals surface area contributed by atoms with Crippen LogP contribution >= 0.6 is 0 Å². The van der Waals surface area contributed by atoms with Gasteiger partial charge in [-0.05, 0) is 50.8 Å². The number of nitrogens with one attached hydrogen (secondary N) is 2. The fourth-order valence-corrected chi connectivity index (χ4v) is 4.38. The smallest absolute Gasteiger partial charge is 0.237 e. The average molecular weight is 375 g/mol. The van der Waals surface area contributed by atoms with Crippen LogP contribution in [0.3, 0.4) is 0 Å². The lowest BCUT2D eigenvalue weighted by atomic mass is 9.94. The molecule has 2 fully saturated rings. The van der Waals surface area contributed by atoms with Crippen LogP contribution in [0.2, 0.25) is 0 Å². The molecule has 0 unspecified atom stereocenters. The van der Waals surface area contributed by atoms with Gasteiger partial charge in [0.15, 0.2) is 0 Å². The molecule has 5 nitrogen and oxygen atoms in total. The molecule has 1 atom stereocenters. The highest BCUT2D eigenvalue weighted by atomic mass is 19.1. The van der Waals surface area contributed by atoms with Crippen molar-refractivity contribution in [1.82, 2.24) is 15.5 Å². The van der Waals surface area contributed by atoms with E-state index in [9.17, 15) is 14.0 Å². The number of carbonyl (C=O) groups excluding carboxylic acids is 2. The van der Waals surface area contributed by atoms with Crippen molar-refractivity contribution in [3.63, 3.8) is 0 Å². The number of benzene rings is 1. The van der Waals surface area contributed by atoms with Gasteiger partial charge in [0.05, 0.1) is 12.5 Å². The Hall–Kier alpha value is -1.95. The summed E-state index contributed by atoms with van der Waals surface area (Å²) in [6.07, 6.45) is 5.40. The molecular formula is C21H30FN3O2. The van der Waals surface area contributed by atoms with E-state index in [2.05, 4.69) is 15.5 Å². The summed E-state index contributed by atoms with van der Waals surface area (Å²) in [7, 11) is 0. The van der Waals surface area contributed by atoms with Crippen LogP contribution in [-0.4, -0.2) is 47.4 Å². The van der Waals surface area contributed by atoms with Crippen LogP contribution in [-0.2, 0) is 16.0 Å². The quantitative estimate of drug-likeness (QED) is 0.803. The molecule has 1 aromatic carbocycles. The maximum Gasteiger partial charge on any atom is 0.237 e. The topological polar surface area (TPSA) is 61.4 Å². The van der Waals surface area contributed by atoms with Crippen molar-refractivity contribution >= 4 is 11.8 Å². The van der Waals surface area contributed by atoms with E-state index in [1.807, 2.05) is 13.8 Å². The molecule has 27 heavy (non-hydrogen) atoms. The van der Waals surface area contributed by atoms with Crippen LogP contribution in [0, 0.1) is 5.82 Å². The van der Waals surface area contributed by atoms with Crippen LogP contribution in [0.25, 0.3) is 0 Å². The van der Waals surface area contributed by atoms with Gasteiger partial charge < -0.3 is 10.6 Å². The summed E-state index contributed by atoms with van der Waals surface area (Å²) in [6, 6.07) is 6.36. The first-order valence-electron chi connectivity index (χ1n) is 9.93. The first-order valence-corrected chi connectivity index (χ1v) is 9.93. The largest absolute Gasteiger partial charge is 0.353 e. The van der Waals surface area contributed by atoms with Crippen LogP contribution < -0.4 is 10.6 Å². The summed E-state index contributed by atoms with van der Waals surface area (Å²) in [5.41, 5.74) is 0.489. The van der Waals surface area contributed by atoms with E-state index < -0.39 is 5.54 Å². The van der Waals surface area contributed by atoms with Gasteiger partial charge in [0.25, 0.3) is 0 Å². The van der Waals surface area contributed by atoms with E-state index in [0.29, 0.717) is 19.0 Å². The van der Waals surface area contributed by atoms with Crippen molar-refractivity contribution in [3.05, 3.63) is 35.6 Å². The standard InChI is InChI=1S/C21H30FN3O2/c1-21(2,14-15-7-9-16(22)10-8-15)24-19(26)13-18-20(27)23-11-12-25(18)17-5-3-4-6-17/h7-10,17-18H,3-6,11-14H2,1-2H3,(H,23,27)(H,24,26)/t18-/m1/s1. The van der Waals surface area contributed by atoms with Gasteiger partial charge in [0, 0.05) is 24.7 Å². The van der Waals surface area contributed by atoms with Crippen LogP contribution in [0.5, 0.6) is 0 Å². The number of nitrogens with zero attached hydrogens (tertiary/aromatic N) is 1. The Morgan fingerprint density at radius 3 is 2.59 bits per heavy atom. The molecule has 1 saturated carbocycles. The van der Waals surface area contributed by atoms with Crippen LogP contribution in [0.15, 0.2) is 24.3 Å². The van der Waals surface area contributed by atoms with E-state index in [1.54, 1.807) is 12.1 Å². The molecule has 148 valence electrons. The summed E-state index contributed by atoms with van der Waals surface area (Å²) < 4.78 is 13.1. The van der Waals surface area contributed by atoms with Gasteiger partial charge in [0.2, 0.25) is 11.8 Å². The van der Waals surface area contributed by atoms with E-state index in [4.69, 9.17) is 0 Å². The van der Waals surface area contributed by atoms with Crippen molar-refractivity contribution in [2.45, 2.75) is 70.0 Å². The number of halogens is 1. The molecule has 2 N–H and O–H groups in total. The SMILES string of the molecule is CC(C)(Cc1ccc(F)cc1)NC(=O)C[C@@H]1C(=O)NCCN1C1CCCC1. The summed E-state index contributed by atoms with van der Waals surface area (Å²) in [5.74, 6) is -0.428. The fraction of sp³-hybridized carbons (Fsp3) is 0.619. The number of hydrogen-bond donors (Lipinski definition) is 2. The Kier molecular flexibility index (Phi) is 6.15. The maximum atomic E-state index is 13.1. The zero-order valence-corrected chi connectivity index (χ0v) is 16.3. The molecule has 1 heterocycles. The highest BCUT2D eigenvalue weighted by Gasteiger charge is 2.37. The Balaban J connectivity index is 1.60. The van der Waals surface area contributed by atoms with Gasteiger partial charge in [0.1, 0.15) is 5.82 Å². The Morgan fingerprint density at radius 2 is 1.93 bits per heavy atom. The average Bonchev–Trinajstić information content (AvgIpc) is 3.12. The lowest BCUT2D eigenvalue weighted by Gasteiger charge is -2.39. The normalized spacial score (nSPS) is 21.9. The van der Waals surface area contributed by atoms with E-state index in [0.717, 1.165) is 24.9 Å². The Bertz CT molecular complexity index is 669. The van der Waals surface area contributed by atoms with Crippen LogP contribution in [0.4, 0.5) is 4.39 Å². The Labute approximate surface area is 160 Å². The summed E-state index contributed by atoms with van der Waals surface area (Å²) in [5, 5.41) is 5.96. The number of piperazine rings is 1. The van der Waals surface area contributed by atoms with Gasteiger partial charge >= 0.3 is 0 Å². The molecule has 0 radical (unpaired) electrons. The second-order valence-electron chi connectivity index (χ2n) is 8.42. The lowest BCUT2D eigenvalue weighted by Crippen LogP contribution is -2.59. The highest BCUT2D eigenvalue weighted by molar-refractivity contribution is 5.89. The van der Waals surface area contributed by atoms with E-state index in [1.165, 1.54) is 25.0 Å². The first kappa shape index (κ1) is 19.8. The molecule has 1 saturated heterocycles. The molecule has 0 spiro atoms. The minimum atomic E-state index is -0.474. The predicted molar refractivity (Wildman–Crippen MR) is 103 cm³/mol. The number of carbonyl (C=O) groups is 2. The minimum absolute atomic E-state index is 0.0420. The zero-order chi connectivity index (χ0) is 19.4. The second-order valence-corrected chi connectivity index (χ2v) is 8.42. The Morgan fingerprint density at radius 1 is 1.26 bits per heavy atom. The van der Waals surface area contributed by atoms with Crippen molar-refractivity contribution in [2.24, 2.45) is 0 Å².